The molecule has 3 saturated heterocycles. The number of esters is 1. The van der Waals surface area contributed by atoms with Gasteiger partial charge in [0.15, 0.2) is 5.78 Å². The molecule has 0 radical (unpaired) electrons. The summed E-state index contributed by atoms with van der Waals surface area (Å²) in [4.78, 5) is 71.8. The second-order valence-corrected chi connectivity index (χ2v) is 21.6. The molecule has 1 aliphatic carbocycles. The van der Waals surface area contributed by atoms with Crippen molar-refractivity contribution in [2.24, 2.45) is 35.5 Å². The number of cyclic esters (lactones) is 1. The summed E-state index contributed by atoms with van der Waals surface area (Å²) in [6.07, 6.45) is 16.5. The highest BCUT2D eigenvalue weighted by Gasteiger charge is 2.53. The van der Waals surface area contributed by atoms with Gasteiger partial charge < -0.3 is 48.6 Å². The molecule has 5 rings (SSSR count). The molecule has 408 valence electrons. The Balaban J connectivity index is 0.00000147. The molecule has 0 aromatic rings. The zero-order valence-electron chi connectivity index (χ0n) is 45.3. The van der Waals surface area contributed by atoms with Gasteiger partial charge in [0, 0.05) is 71.7 Å². The van der Waals surface area contributed by atoms with E-state index in [4.69, 9.17) is 28.4 Å². The number of amides is 1. The maximum Gasteiger partial charge on any atom is 0.329 e. The molecule has 15 atom stereocenters. The summed E-state index contributed by atoms with van der Waals surface area (Å²) < 4.78 is 34.6. The van der Waals surface area contributed by atoms with Crippen LogP contribution in [0.5, 0.6) is 0 Å². The molecule has 15 nitrogen and oxygen atoms in total. The summed E-state index contributed by atoms with van der Waals surface area (Å²) in [5.74, 6) is -7.96. The van der Waals surface area contributed by atoms with Crippen LogP contribution >= 0.6 is 0 Å². The molecule has 15 heteroatoms. The van der Waals surface area contributed by atoms with Crippen molar-refractivity contribution in [1.82, 2.24) is 4.90 Å². The fourth-order valence-electron chi connectivity index (χ4n) is 11.0. The van der Waals surface area contributed by atoms with E-state index in [-0.39, 0.29) is 54.8 Å². The normalized spacial score (nSPS) is 38.8. The molecule has 1 saturated carbocycles. The van der Waals surface area contributed by atoms with E-state index in [0.717, 1.165) is 25.2 Å². The summed E-state index contributed by atoms with van der Waals surface area (Å²) in [7, 11) is 4.52. The van der Waals surface area contributed by atoms with Gasteiger partial charge in [-0.05, 0) is 120 Å². The monoisotopic (exact) mass is 1010 g/mol. The van der Waals surface area contributed by atoms with Gasteiger partial charge in [-0.1, -0.05) is 83.9 Å². The fourth-order valence-corrected chi connectivity index (χ4v) is 11.0. The maximum atomic E-state index is 14.4. The molecule has 0 aromatic carbocycles. The van der Waals surface area contributed by atoms with Crippen molar-refractivity contribution >= 4 is 29.2 Å². The number of allylic oxidation sites excluding steroid dienone is 6. The standard InChI is InChI=1S/C51H79NO13.C6H12O/c1-30-16-12-11-13-17-31(2)42(61-8)28-38-21-19-36(7)51(60,65-38)48(57)49(58)52-23-15-14-18-39(52)50(59)64-43(33(4)26-37-20-22-40(53)44(27-37)62-9)29-41(54)32(3)25-35(6)46(56)47(63-10)45(55)34(5)24-30;1-2-4-6-7-5-3-1/h11-13,16-17,25,30,32-34,36-40,42-44,46-47,53,56,60H,14-15,18-24,26-29H2,1-10H3;1-6H2/b13-11+,16-12+,31-17+,35-25+;/t30-,32-,33-,34-,36-,37+,38+,39+,40-,42+,43+,44-,46-,47+,51-;/m1./s1. The third-order valence-electron chi connectivity index (χ3n) is 15.8. The fraction of sp³-hybridized carbons (Fsp3) is 0.772. The van der Waals surface area contributed by atoms with Crippen LogP contribution in [-0.4, -0.2) is 145 Å². The minimum absolute atomic E-state index is 0.0193. The predicted molar refractivity (Wildman–Crippen MR) is 274 cm³/mol. The zero-order valence-corrected chi connectivity index (χ0v) is 45.3. The van der Waals surface area contributed by atoms with Crippen LogP contribution in [0.2, 0.25) is 0 Å². The third kappa shape index (κ3) is 17.6. The number of ether oxygens (including phenoxy) is 6. The van der Waals surface area contributed by atoms with E-state index in [1.165, 1.54) is 37.7 Å². The molecule has 4 aliphatic heterocycles. The topological polar surface area (TPSA) is 205 Å². The van der Waals surface area contributed by atoms with Gasteiger partial charge in [-0.3, -0.25) is 19.2 Å². The Kier molecular flexibility index (Phi) is 25.7. The molecule has 0 unspecified atom stereocenters. The Morgan fingerprint density at radius 2 is 1.50 bits per heavy atom. The average Bonchev–Trinajstić information content (AvgIpc) is 3.70. The SMILES string of the molecule is C1CCCOCC1.CO[C@H]1C[C@@H]2CC[C@@H](C)[C@@](O)(O2)C(=O)C(=O)N2CCCC[C@H]2C(=O)O[C@H]([C@H](C)C[C@@H]2CC[C@@H](O)[C@H](OC)C2)CC(=O)[C@H](C)/C=C(\C)[C@@H](O)[C@@H](OC)C(=O)[C@H](C)C[C@H](C)/C=C/C=C/C=C/1C. The zero-order chi connectivity index (χ0) is 53.1. The average molecular weight is 1010 g/mol. The highest BCUT2D eigenvalue weighted by atomic mass is 16.6. The molecule has 1 amide bonds. The van der Waals surface area contributed by atoms with E-state index in [1.807, 2.05) is 58.1 Å². The number of carbonyl (C=O) groups is 5. The number of Topliss-reactive ketones (excluding diaryl/α,β-unsaturated/α-hetero) is 3. The van der Waals surface area contributed by atoms with E-state index in [1.54, 1.807) is 41.1 Å². The van der Waals surface area contributed by atoms with Crippen LogP contribution in [0, 0.1) is 35.5 Å². The molecular weight excluding hydrogens is 923 g/mol. The first kappa shape index (κ1) is 61.1. The molecule has 0 aromatic heterocycles. The van der Waals surface area contributed by atoms with E-state index in [2.05, 4.69) is 0 Å². The Labute approximate surface area is 430 Å². The molecule has 4 fully saturated rings. The quantitative estimate of drug-likeness (QED) is 0.132. The van der Waals surface area contributed by atoms with Crippen molar-refractivity contribution in [2.45, 2.75) is 206 Å². The first-order chi connectivity index (χ1) is 34.2. The number of methoxy groups -OCH3 is 3. The highest BCUT2D eigenvalue weighted by molar-refractivity contribution is 6.39. The van der Waals surface area contributed by atoms with Gasteiger partial charge in [-0.25, -0.2) is 4.79 Å². The lowest BCUT2D eigenvalue weighted by Gasteiger charge is -2.42. The van der Waals surface area contributed by atoms with Crippen molar-refractivity contribution in [3.05, 3.63) is 47.6 Å². The summed E-state index contributed by atoms with van der Waals surface area (Å²) in [5, 5.41) is 33.8. The minimum atomic E-state index is -2.43. The number of carbonyl (C=O) groups excluding carboxylic acids is 5. The lowest BCUT2D eigenvalue weighted by molar-refractivity contribution is -0.265. The number of aliphatic hydroxyl groups is 3. The van der Waals surface area contributed by atoms with Crippen LogP contribution in [-0.2, 0) is 52.4 Å². The van der Waals surface area contributed by atoms with Gasteiger partial charge in [0.1, 0.15) is 30.1 Å². The largest absolute Gasteiger partial charge is 0.460 e. The van der Waals surface area contributed by atoms with Crippen LogP contribution < -0.4 is 0 Å². The molecule has 4 heterocycles. The van der Waals surface area contributed by atoms with E-state index in [0.29, 0.717) is 63.4 Å². The van der Waals surface area contributed by atoms with Crippen LogP contribution in [0.4, 0.5) is 0 Å². The van der Waals surface area contributed by atoms with Crippen molar-refractivity contribution in [3.63, 3.8) is 0 Å². The lowest BCUT2D eigenvalue weighted by Crippen LogP contribution is -2.61. The Morgan fingerprint density at radius 1 is 0.792 bits per heavy atom. The van der Waals surface area contributed by atoms with Gasteiger partial charge in [-0.2, -0.15) is 0 Å². The summed E-state index contributed by atoms with van der Waals surface area (Å²) in [6.45, 7) is 14.7. The molecular formula is C57H91NO14. The van der Waals surface area contributed by atoms with Gasteiger partial charge in [-0.15, -0.1) is 0 Å². The minimum Gasteiger partial charge on any atom is -0.460 e. The summed E-state index contributed by atoms with van der Waals surface area (Å²) in [5.41, 5.74) is 1.27. The van der Waals surface area contributed by atoms with Gasteiger partial charge >= 0.3 is 5.97 Å². The Hall–Kier alpha value is -3.41. The first-order valence-corrected chi connectivity index (χ1v) is 27.0. The third-order valence-corrected chi connectivity index (χ3v) is 15.8. The molecule has 2 bridgehead atoms. The maximum absolute atomic E-state index is 14.4. The van der Waals surface area contributed by atoms with Crippen LogP contribution in [0.1, 0.15) is 151 Å². The Bertz CT molecular complexity index is 1860. The number of nitrogens with zero attached hydrogens (tertiary/aromatic N) is 1. The van der Waals surface area contributed by atoms with Crippen LogP contribution in [0.3, 0.4) is 0 Å². The second kappa shape index (κ2) is 30.2. The number of ketones is 3. The van der Waals surface area contributed by atoms with Crippen LogP contribution in [0.15, 0.2) is 47.6 Å². The van der Waals surface area contributed by atoms with Gasteiger partial charge in [0.25, 0.3) is 11.7 Å². The number of fused-ring (bicyclic) bond motifs is 3. The van der Waals surface area contributed by atoms with Crippen LogP contribution in [0.25, 0.3) is 0 Å². The molecule has 72 heavy (non-hydrogen) atoms. The van der Waals surface area contributed by atoms with Gasteiger partial charge in [0.05, 0.1) is 24.4 Å². The predicted octanol–water partition coefficient (Wildman–Crippen LogP) is 7.76. The summed E-state index contributed by atoms with van der Waals surface area (Å²) >= 11 is 0. The number of aliphatic hydroxyl groups excluding tert-OH is 2. The summed E-state index contributed by atoms with van der Waals surface area (Å²) in [6, 6.07) is -1.14. The lowest BCUT2D eigenvalue weighted by atomic mass is 9.78. The number of rotatable bonds is 6. The highest BCUT2D eigenvalue weighted by Crippen LogP contribution is 2.38. The van der Waals surface area contributed by atoms with Crippen molar-refractivity contribution in [1.29, 1.82) is 0 Å². The number of hydrogen-bond donors (Lipinski definition) is 3. The molecule has 3 N–H and O–H groups in total. The second-order valence-electron chi connectivity index (χ2n) is 21.6. The number of hydrogen-bond acceptors (Lipinski definition) is 14. The molecule has 5 aliphatic rings. The van der Waals surface area contributed by atoms with Gasteiger partial charge in [0.2, 0.25) is 5.79 Å². The van der Waals surface area contributed by atoms with Crippen molar-refractivity contribution in [2.75, 3.05) is 41.1 Å². The van der Waals surface area contributed by atoms with Crippen molar-refractivity contribution in [3.8, 4) is 0 Å². The van der Waals surface area contributed by atoms with E-state index >= 15 is 0 Å². The van der Waals surface area contributed by atoms with E-state index in [9.17, 15) is 39.3 Å². The first-order valence-electron chi connectivity index (χ1n) is 27.0. The van der Waals surface area contributed by atoms with E-state index < -0.39 is 83.9 Å². The molecule has 0 spiro atoms. The van der Waals surface area contributed by atoms with Crippen molar-refractivity contribution < 1.29 is 67.7 Å². The smallest absolute Gasteiger partial charge is 0.329 e. The number of piperidine rings is 1. The Morgan fingerprint density at radius 3 is 2.17 bits per heavy atom.